The summed E-state index contributed by atoms with van der Waals surface area (Å²) in [5.74, 6) is 0.582. The molecule has 0 bridgehead atoms. The lowest BCUT2D eigenvalue weighted by Crippen LogP contribution is -2.27. The Bertz CT molecular complexity index is 1270. The third-order valence-corrected chi connectivity index (χ3v) is 9.97. The SMILES string of the molecule is CCCCCCOc1ccc(S(=O)(=O)C(=[N+]=[N-])S(=O)(=O)c2ccccc2C)cc1OCCCCCC. The van der Waals surface area contributed by atoms with Crippen molar-refractivity contribution in [3.63, 3.8) is 0 Å². The van der Waals surface area contributed by atoms with Gasteiger partial charge in [0, 0.05) is 6.07 Å². The van der Waals surface area contributed by atoms with E-state index in [2.05, 4.69) is 18.6 Å². The van der Waals surface area contributed by atoms with Crippen LogP contribution in [0.25, 0.3) is 5.53 Å². The van der Waals surface area contributed by atoms with Gasteiger partial charge in [0.05, 0.1) is 23.0 Å². The first-order valence-electron chi connectivity index (χ1n) is 12.4. The van der Waals surface area contributed by atoms with Gasteiger partial charge in [-0.3, -0.25) is 0 Å². The highest BCUT2D eigenvalue weighted by Gasteiger charge is 2.44. The van der Waals surface area contributed by atoms with E-state index in [1.54, 1.807) is 6.07 Å². The van der Waals surface area contributed by atoms with Gasteiger partial charge in [-0.05, 0) is 43.5 Å². The van der Waals surface area contributed by atoms with E-state index in [0.29, 0.717) is 24.5 Å². The fraction of sp³-hybridized carbons (Fsp3) is 0.500. The number of ether oxygens (including phenoxy) is 2. The Kier molecular flexibility index (Phi) is 11.6. The number of aryl methyl sites for hydroxylation is 1. The molecule has 0 aliphatic carbocycles. The van der Waals surface area contributed by atoms with Crippen LogP contribution in [-0.4, -0.2) is 39.2 Å². The van der Waals surface area contributed by atoms with Gasteiger partial charge in [0.25, 0.3) is 19.7 Å². The van der Waals surface area contributed by atoms with Crippen LogP contribution < -0.4 is 9.47 Å². The van der Waals surface area contributed by atoms with E-state index in [4.69, 9.17) is 9.47 Å². The van der Waals surface area contributed by atoms with Crippen molar-refractivity contribution in [1.29, 1.82) is 0 Å². The van der Waals surface area contributed by atoms with Gasteiger partial charge in [0.2, 0.25) is 0 Å². The van der Waals surface area contributed by atoms with Crippen LogP contribution in [0, 0.1) is 6.92 Å². The molecule has 0 aliphatic heterocycles. The Morgan fingerprint density at radius 1 is 0.778 bits per heavy atom. The number of unbranched alkanes of at least 4 members (excludes halogenated alkanes) is 6. The normalized spacial score (nSPS) is 11.6. The summed E-state index contributed by atoms with van der Waals surface area (Å²) in [6, 6.07) is 9.82. The summed E-state index contributed by atoms with van der Waals surface area (Å²) in [7, 11) is -9.33. The van der Waals surface area contributed by atoms with Crippen molar-refractivity contribution in [2.75, 3.05) is 13.2 Å². The van der Waals surface area contributed by atoms with E-state index in [9.17, 15) is 22.4 Å². The maximum absolute atomic E-state index is 13.3. The third-order valence-electron chi connectivity index (χ3n) is 5.66. The fourth-order valence-electron chi connectivity index (χ4n) is 3.61. The molecule has 0 atom stereocenters. The topological polar surface area (TPSA) is 123 Å². The average Bonchev–Trinajstić information content (AvgIpc) is 2.84. The average molecular weight is 537 g/mol. The summed E-state index contributed by atoms with van der Waals surface area (Å²) in [6.07, 6.45) is 7.94. The molecule has 0 saturated heterocycles. The Labute approximate surface area is 215 Å². The first-order chi connectivity index (χ1) is 17.2. The minimum absolute atomic E-state index is 0.202. The summed E-state index contributed by atoms with van der Waals surface area (Å²) in [5.41, 5.74) is 9.85. The van der Waals surface area contributed by atoms with E-state index in [1.165, 1.54) is 43.3 Å². The van der Waals surface area contributed by atoms with E-state index in [-0.39, 0.29) is 15.5 Å². The van der Waals surface area contributed by atoms with Crippen molar-refractivity contribution >= 4 is 24.1 Å². The van der Waals surface area contributed by atoms with Gasteiger partial charge in [-0.1, -0.05) is 70.6 Å². The van der Waals surface area contributed by atoms with Crippen LogP contribution in [0.15, 0.2) is 52.3 Å². The lowest BCUT2D eigenvalue weighted by Gasteiger charge is -2.14. The monoisotopic (exact) mass is 536 g/mol. The van der Waals surface area contributed by atoms with Crippen LogP contribution in [0.1, 0.15) is 70.8 Å². The molecule has 0 unspecified atom stereocenters. The van der Waals surface area contributed by atoms with Crippen LogP contribution in [-0.2, 0) is 19.7 Å². The molecular formula is C26H36N2O6S2. The summed E-state index contributed by atoms with van der Waals surface area (Å²) < 4.78 is 63.3. The summed E-state index contributed by atoms with van der Waals surface area (Å²) in [5, 5.41) is 0. The van der Waals surface area contributed by atoms with Crippen molar-refractivity contribution in [3.05, 3.63) is 53.6 Å². The lowest BCUT2D eigenvalue weighted by molar-refractivity contribution is 0.00380. The van der Waals surface area contributed by atoms with Crippen molar-refractivity contribution in [2.24, 2.45) is 0 Å². The molecule has 2 aromatic rings. The van der Waals surface area contributed by atoms with Gasteiger partial charge < -0.3 is 15.0 Å². The molecule has 36 heavy (non-hydrogen) atoms. The summed E-state index contributed by atoms with van der Waals surface area (Å²) in [6.45, 7) is 6.56. The van der Waals surface area contributed by atoms with Crippen LogP contribution >= 0.6 is 0 Å². The van der Waals surface area contributed by atoms with E-state index >= 15 is 0 Å². The van der Waals surface area contributed by atoms with Crippen molar-refractivity contribution in [2.45, 2.75) is 81.9 Å². The summed E-state index contributed by atoms with van der Waals surface area (Å²) >= 11 is 0. The smallest absolute Gasteiger partial charge is 0.490 e. The second-order valence-corrected chi connectivity index (χ2v) is 12.5. The van der Waals surface area contributed by atoms with Gasteiger partial charge >= 0.3 is 4.38 Å². The highest BCUT2D eigenvalue weighted by atomic mass is 32.3. The minimum atomic E-state index is -4.71. The minimum Gasteiger partial charge on any atom is -0.490 e. The maximum Gasteiger partial charge on any atom is 0.504 e. The molecule has 0 aromatic heterocycles. The largest absolute Gasteiger partial charge is 0.504 e. The molecule has 198 valence electrons. The number of sulfone groups is 2. The molecule has 0 fully saturated rings. The number of hydrogen-bond acceptors (Lipinski definition) is 6. The summed E-state index contributed by atoms with van der Waals surface area (Å²) in [4.78, 5) is 2.10. The Hall–Kier alpha value is -2.68. The van der Waals surface area contributed by atoms with Crippen LogP contribution in [0.4, 0.5) is 0 Å². The zero-order valence-corrected chi connectivity index (χ0v) is 22.9. The zero-order chi connectivity index (χ0) is 26.6. The predicted octanol–water partition coefficient (Wildman–Crippen LogP) is 5.75. The van der Waals surface area contributed by atoms with Gasteiger partial charge in [-0.2, -0.15) is 0 Å². The standard InChI is InChI=1S/C26H36N2O6S2/c1-4-6-8-12-18-33-23-17-16-22(20-24(23)34-19-13-9-7-5-2)35(29,30)26(28-27)36(31,32)25-15-11-10-14-21(25)3/h10-11,14-17,20H,4-9,12-13,18-19H2,1-3H3. The molecule has 2 aromatic carbocycles. The van der Waals surface area contributed by atoms with Crippen molar-refractivity contribution < 1.29 is 31.1 Å². The Morgan fingerprint density at radius 2 is 1.36 bits per heavy atom. The molecule has 10 heteroatoms. The second-order valence-electron chi connectivity index (χ2n) is 8.57. The number of benzene rings is 2. The third kappa shape index (κ3) is 7.66. The van der Waals surface area contributed by atoms with Crippen LogP contribution in [0.5, 0.6) is 11.5 Å². The number of rotatable bonds is 14. The molecule has 0 saturated carbocycles. The molecule has 0 heterocycles. The van der Waals surface area contributed by atoms with Crippen molar-refractivity contribution in [3.8, 4) is 11.5 Å². The van der Waals surface area contributed by atoms with Crippen molar-refractivity contribution in [1.82, 2.24) is 0 Å². The first kappa shape index (κ1) is 29.5. The molecule has 0 radical (unpaired) electrons. The molecular weight excluding hydrogens is 500 g/mol. The van der Waals surface area contributed by atoms with Crippen LogP contribution in [0.3, 0.4) is 0 Å². The maximum atomic E-state index is 13.3. The highest BCUT2D eigenvalue weighted by molar-refractivity contribution is 8.31. The van der Waals surface area contributed by atoms with Crippen LogP contribution in [0.2, 0.25) is 0 Å². The highest BCUT2D eigenvalue weighted by Crippen LogP contribution is 2.32. The Morgan fingerprint density at radius 3 is 1.92 bits per heavy atom. The first-order valence-corrected chi connectivity index (χ1v) is 15.3. The van der Waals surface area contributed by atoms with E-state index in [1.807, 2.05) is 0 Å². The van der Waals surface area contributed by atoms with Gasteiger partial charge in [0.15, 0.2) is 11.5 Å². The second kappa shape index (κ2) is 14.2. The predicted molar refractivity (Wildman–Crippen MR) is 140 cm³/mol. The Balaban J connectivity index is 2.39. The van der Waals surface area contributed by atoms with E-state index < -0.39 is 24.1 Å². The quantitative estimate of drug-likeness (QED) is 0.0996. The fourth-order valence-corrected chi connectivity index (χ4v) is 7.19. The molecule has 2 rings (SSSR count). The van der Waals surface area contributed by atoms with E-state index in [0.717, 1.165) is 51.4 Å². The number of hydrogen-bond donors (Lipinski definition) is 0. The molecule has 0 N–H and O–H groups in total. The molecule has 0 amide bonds. The zero-order valence-electron chi connectivity index (χ0n) is 21.3. The molecule has 0 aliphatic rings. The van der Waals surface area contributed by atoms with Gasteiger partial charge in [0.1, 0.15) is 0 Å². The van der Waals surface area contributed by atoms with Gasteiger partial charge in [-0.25, -0.2) is 16.8 Å². The molecule has 8 nitrogen and oxygen atoms in total. The number of nitrogens with zero attached hydrogens (tertiary/aromatic N) is 2. The van der Waals surface area contributed by atoms with Gasteiger partial charge in [-0.15, -0.1) is 4.79 Å². The lowest BCUT2D eigenvalue weighted by atomic mass is 10.2. The molecule has 0 spiro atoms.